The van der Waals surface area contributed by atoms with Crippen molar-refractivity contribution < 1.29 is 0 Å². The van der Waals surface area contributed by atoms with Gasteiger partial charge in [-0.05, 0) is 0 Å². The van der Waals surface area contributed by atoms with Crippen LogP contribution in [0.25, 0.3) is 0 Å². The Balaban J connectivity index is 3.75. The first-order valence-electron chi connectivity index (χ1n) is 3.41. The topological polar surface area (TPSA) is 0 Å². The zero-order chi connectivity index (χ0) is 7.71. The van der Waals surface area contributed by atoms with Crippen molar-refractivity contribution in [2.24, 2.45) is 0 Å². The average Bonchev–Trinajstić information content (AvgIpc) is 1.14. The molecule has 0 saturated carbocycles. The van der Waals surface area contributed by atoms with E-state index in [0.29, 0.717) is 23.6 Å². The van der Waals surface area contributed by atoms with Gasteiger partial charge in [0.15, 0.2) is 0 Å². The van der Waals surface area contributed by atoms with Gasteiger partial charge < -0.3 is 0 Å². The molecule has 0 aliphatic carbocycles. The Bertz CT molecular complexity index is 74.1. The van der Waals surface area contributed by atoms with Crippen molar-refractivity contribution in [3.63, 3.8) is 0 Å². The first-order valence-corrected chi connectivity index (χ1v) is 11.5. The second kappa shape index (κ2) is 2.94. The van der Waals surface area contributed by atoms with Crippen LogP contribution < -0.4 is 0 Å². The third-order valence-corrected chi connectivity index (χ3v) is 12.3. The van der Waals surface area contributed by atoms with E-state index in [2.05, 4.69) is 40.4 Å². The zero-order valence-electron chi connectivity index (χ0n) is 7.41. The molecular formula is C7H18SiTe. The maximum atomic E-state index is 2.49. The first kappa shape index (κ1) is 10.0. The van der Waals surface area contributed by atoms with Crippen LogP contribution in [0.2, 0.25) is 23.1 Å². The molecule has 0 aromatic heterocycles. The quantitative estimate of drug-likeness (QED) is 0.634. The van der Waals surface area contributed by atoms with Crippen molar-refractivity contribution in [1.29, 1.82) is 0 Å². The standard InChI is InChI=1S/C7H18SiTe/c1-7(2,3)9-8(4,5)6/h1-6H3. The summed E-state index contributed by atoms with van der Waals surface area (Å²) < 4.78 is 0.676. The predicted molar refractivity (Wildman–Crippen MR) is 48.8 cm³/mol. The third-order valence-electron chi connectivity index (χ3n) is 0.612. The van der Waals surface area contributed by atoms with Gasteiger partial charge in [0.05, 0.1) is 0 Å². The van der Waals surface area contributed by atoms with Gasteiger partial charge in [-0.2, -0.15) is 0 Å². The Morgan fingerprint density at radius 1 is 1.00 bits per heavy atom. The molecule has 0 radical (unpaired) electrons. The predicted octanol–water partition coefficient (Wildman–Crippen LogP) is 2.74. The van der Waals surface area contributed by atoms with E-state index in [4.69, 9.17) is 0 Å². The first-order chi connectivity index (χ1) is 3.71. The molecule has 0 N–H and O–H groups in total. The van der Waals surface area contributed by atoms with E-state index < -0.39 is 5.62 Å². The van der Waals surface area contributed by atoms with Crippen LogP contribution in [0.5, 0.6) is 0 Å². The van der Waals surface area contributed by atoms with Crippen molar-refractivity contribution >= 4 is 25.8 Å². The van der Waals surface area contributed by atoms with Crippen LogP contribution in [0.1, 0.15) is 20.8 Å². The van der Waals surface area contributed by atoms with E-state index in [-0.39, 0.29) is 0 Å². The molecule has 0 aliphatic heterocycles. The summed E-state index contributed by atoms with van der Waals surface area (Å²) in [5.74, 6) is 0. The summed E-state index contributed by atoms with van der Waals surface area (Å²) in [6.07, 6.45) is 0. The molecule has 0 fully saturated rings. The van der Waals surface area contributed by atoms with Gasteiger partial charge in [-0.15, -0.1) is 0 Å². The van der Waals surface area contributed by atoms with Gasteiger partial charge in [-0.3, -0.25) is 0 Å². The minimum atomic E-state index is -0.663. The van der Waals surface area contributed by atoms with Crippen molar-refractivity contribution in [3.8, 4) is 0 Å². The van der Waals surface area contributed by atoms with Crippen LogP contribution in [-0.2, 0) is 0 Å². The van der Waals surface area contributed by atoms with E-state index in [9.17, 15) is 0 Å². The fraction of sp³-hybridized carbons (Fsp3) is 1.00. The summed E-state index contributed by atoms with van der Waals surface area (Å²) in [6.45, 7) is 14.6. The van der Waals surface area contributed by atoms with E-state index in [1.807, 2.05) is 0 Å². The summed E-state index contributed by atoms with van der Waals surface area (Å²) in [5.41, 5.74) is -0.663. The molecule has 0 bridgehead atoms. The Labute approximate surface area is 69.6 Å². The van der Waals surface area contributed by atoms with Crippen LogP contribution in [0.4, 0.5) is 0 Å². The van der Waals surface area contributed by atoms with Gasteiger partial charge in [0, 0.05) is 0 Å². The van der Waals surface area contributed by atoms with Crippen LogP contribution >= 0.6 is 0 Å². The third kappa shape index (κ3) is 9.01. The molecule has 0 amide bonds. The molecule has 9 heavy (non-hydrogen) atoms. The van der Waals surface area contributed by atoms with Gasteiger partial charge in [0.25, 0.3) is 0 Å². The number of hydrogen-bond donors (Lipinski definition) is 0. The Kier molecular flexibility index (Phi) is 3.27. The van der Waals surface area contributed by atoms with E-state index >= 15 is 0 Å². The van der Waals surface area contributed by atoms with Crippen LogP contribution in [0, 0.1) is 0 Å². The molecule has 0 unspecified atom stereocenters. The molecule has 0 aromatic carbocycles. The fourth-order valence-corrected chi connectivity index (χ4v) is 18.5. The number of hydrogen-bond acceptors (Lipinski definition) is 0. The van der Waals surface area contributed by atoms with Gasteiger partial charge >= 0.3 is 69.6 Å². The van der Waals surface area contributed by atoms with Gasteiger partial charge in [-0.1, -0.05) is 0 Å². The molecule has 56 valence electrons. The molecule has 0 aromatic rings. The summed E-state index contributed by atoms with van der Waals surface area (Å²) >= 11 is 0.304. The number of rotatable bonds is 1. The summed E-state index contributed by atoms with van der Waals surface area (Å²) in [5, 5.41) is 0. The Hall–Kier alpha value is 1.01. The molecule has 0 nitrogen and oxygen atoms in total. The Morgan fingerprint density at radius 3 is 1.33 bits per heavy atom. The molecule has 0 spiro atoms. The van der Waals surface area contributed by atoms with Gasteiger partial charge in [0.2, 0.25) is 0 Å². The van der Waals surface area contributed by atoms with E-state index in [1.54, 1.807) is 0 Å². The van der Waals surface area contributed by atoms with Crippen LogP contribution in [0.3, 0.4) is 0 Å². The fourth-order valence-electron chi connectivity index (χ4n) is 0.919. The second-order valence-corrected chi connectivity index (χ2v) is 24.5. The monoisotopic (exact) mass is 260 g/mol. The molecular weight excluding hydrogens is 240 g/mol. The van der Waals surface area contributed by atoms with Crippen LogP contribution in [-0.4, -0.2) is 25.8 Å². The molecule has 0 aliphatic rings. The van der Waals surface area contributed by atoms with Crippen molar-refractivity contribution in [3.05, 3.63) is 0 Å². The zero-order valence-corrected chi connectivity index (χ0v) is 10.7. The van der Waals surface area contributed by atoms with Crippen molar-refractivity contribution in [1.82, 2.24) is 0 Å². The Morgan fingerprint density at radius 2 is 1.33 bits per heavy atom. The maximum absolute atomic E-state index is 2.49. The average molecular weight is 258 g/mol. The summed E-state index contributed by atoms with van der Waals surface area (Å²) in [7, 11) is 0. The molecule has 0 heterocycles. The summed E-state index contributed by atoms with van der Waals surface area (Å²) in [4.78, 5) is 0. The normalized spacial score (nSPS) is 14.0. The van der Waals surface area contributed by atoms with Crippen molar-refractivity contribution in [2.75, 3.05) is 0 Å². The van der Waals surface area contributed by atoms with Gasteiger partial charge in [-0.25, -0.2) is 0 Å². The van der Waals surface area contributed by atoms with Crippen molar-refractivity contribution in [2.45, 2.75) is 43.9 Å². The molecule has 0 saturated heterocycles. The summed E-state index contributed by atoms with van der Waals surface area (Å²) in [6, 6.07) is 0. The van der Waals surface area contributed by atoms with Crippen LogP contribution in [0.15, 0.2) is 0 Å². The SMILES string of the molecule is CC(C)(C)[Te][Si](C)(C)C. The van der Waals surface area contributed by atoms with E-state index in [1.165, 1.54) is 0 Å². The van der Waals surface area contributed by atoms with E-state index in [0.717, 1.165) is 0 Å². The molecule has 0 rings (SSSR count). The minimum absolute atomic E-state index is 0.304. The molecule has 2 heteroatoms. The second-order valence-electron chi connectivity index (χ2n) is 4.33. The molecule has 0 atom stereocenters. The van der Waals surface area contributed by atoms with Gasteiger partial charge in [0.1, 0.15) is 0 Å².